The van der Waals surface area contributed by atoms with Crippen LogP contribution in [0.3, 0.4) is 0 Å². The van der Waals surface area contributed by atoms with E-state index >= 15 is 0 Å². The molecule has 0 unspecified atom stereocenters. The number of nitrogens with zero attached hydrogens (tertiary/aromatic N) is 2. The van der Waals surface area contributed by atoms with Crippen LogP contribution in [0.2, 0.25) is 0 Å². The van der Waals surface area contributed by atoms with Crippen molar-refractivity contribution in [2.45, 2.75) is 6.42 Å². The first-order chi connectivity index (χ1) is 17.1. The van der Waals surface area contributed by atoms with E-state index in [1.807, 2.05) is 84.9 Å². The molecule has 2 aromatic heterocycles. The maximum absolute atomic E-state index is 12.7. The minimum atomic E-state index is -0.437. The minimum absolute atomic E-state index is 0.291. The predicted molar refractivity (Wildman–Crippen MR) is 134 cm³/mol. The van der Waals surface area contributed by atoms with Crippen molar-refractivity contribution in [3.05, 3.63) is 129 Å². The monoisotopic (exact) mass is 458 g/mol. The highest BCUT2D eigenvalue weighted by atomic mass is 16.4. The SMILES string of the molecule is O=c1oc(-c2ccccc2)nc2ccc(Cc3ccc4nc(-c5ccccc5)oc(=O)c4c3)cc12. The Kier molecular flexibility index (Phi) is 5.04. The van der Waals surface area contributed by atoms with E-state index in [0.717, 1.165) is 22.3 Å². The van der Waals surface area contributed by atoms with E-state index in [4.69, 9.17) is 8.83 Å². The lowest BCUT2D eigenvalue weighted by Gasteiger charge is -2.07. The van der Waals surface area contributed by atoms with Crippen LogP contribution in [-0.2, 0) is 6.42 Å². The van der Waals surface area contributed by atoms with Gasteiger partial charge in [-0.2, -0.15) is 0 Å². The molecule has 0 amide bonds. The molecule has 0 N–H and O–H groups in total. The van der Waals surface area contributed by atoms with Crippen LogP contribution in [0.25, 0.3) is 44.7 Å². The Hall–Kier alpha value is -4.84. The largest absolute Gasteiger partial charge is 0.403 e. The van der Waals surface area contributed by atoms with Gasteiger partial charge >= 0.3 is 11.3 Å². The molecule has 2 heterocycles. The Bertz CT molecular complexity index is 1670. The van der Waals surface area contributed by atoms with Gasteiger partial charge in [-0.25, -0.2) is 19.6 Å². The first-order valence-corrected chi connectivity index (χ1v) is 11.1. The van der Waals surface area contributed by atoms with Crippen LogP contribution < -0.4 is 11.3 Å². The van der Waals surface area contributed by atoms with Crippen LogP contribution in [0.1, 0.15) is 11.1 Å². The van der Waals surface area contributed by atoms with Crippen molar-refractivity contribution in [3.8, 4) is 22.9 Å². The number of rotatable bonds is 4. The first kappa shape index (κ1) is 20.7. The fourth-order valence-electron chi connectivity index (χ4n) is 4.10. The van der Waals surface area contributed by atoms with Crippen molar-refractivity contribution in [1.29, 1.82) is 0 Å². The second kappa shape index (κ2) is 8.50. The van der Waals surface area contributed by atoms with Crippen molar-refractivity contribution in [2.75, 3.05) is 0 Å². The molecule has 35 heavy (non-hydrogen) atoms. The lowest BCUT2D eigenvalue weighted by molar-refractivity contribution is 0.518. The maximum atomic E-state index is 12.7. The minimum Gasteiger partial charge on any atom is -0.403 e. The van der Waals surface area contributed by atoms with Crippen molar-refractivity contribution >= 4 is 21.8 Å². The van der Waals surface area contributed by atoms with E-state index < -0.39 is 11.3 Å². The standard InChI is InChI=1S/C29H18N2O4/c32-28-22-16-18(11-13-24(22)30-26(34-28)20-7-3-1-4-8-20)15-19-12-14-25-23(17-19)29(33)35-27(31-25)21-9-5-2-6-10-21/h1-14,16-17H,15H2. The molecule has 0 fully saturated rings. The van der Waals surface area contributed by atoms with E-state index in [1.165, 1.54) is 0 Å². The molecule has 168 valence electrons. The molecule has 6 aromatic rings. The van der Waals surface area contributed by atoms with Crippen molar-refractivity contribution in [2.24, 2.45) is 0 Å². The number of hydrogen-bond donors (Lipinski definition) is 0. The Morgan fingerprint density at radius 1 is 0.543 bits per heavy atom. The Morgan fingerprint density at radius 3 is 1.40 bits per heavy atom. The van der Waals surface area contributed by atoms with Crippen LogP contribution in [-0.4, -0.2) is 9.97 Å². The average molecular weight is 458 g/mol. The molecule has 0 saturated heterocycles. The van der Waals surface area contributed by atoms with Crippen LogP contribution in [0.4, 0.5) is 0 Å². The summed E-state index contributed by atoms with van der Waals surface area (Å²) in [6.07, 6.45) is 0.519. The normalized spacial score (nSPS) is 11.2. The third kappa shape index (κ3) is 4.02. The van der Waals surface area contributed by atoms with Gasteiger partial charge in [0.1, 0.15) is 0 Å². The number of fused-ring (bicyclic) bond motifs is 2. The second-order valence-corrected chi connectivity index (χ2v) is 8.22. The fraction of sp³-hybridized carbons (Fsp3) is 0.0345. The molecule has 4 aromatic carbocycles. The van der Waals surface area contributed by atoms with Gasteiger partial charge in [0.05, 0.1) is 21.8 Å². The van der Waals surface area contributed by atoms with Gasteiger partial charge in [0.25, 0.3) is 0 Å². The van der Waals surface area contributed by atoms with Gasteiger partial charge < -0.3 is 8.83 Å². The summed E-state index contributed by atoms with van der Waals surface area (Å²) in [6.45, 7) is 0. The number of aromatic nitrogens is 2. The van der Waals surface area contributed by atoms with Gasteiger partial charge in [-0.1, -0.05) is 48.5 Å². The average Bonchev–Trinajstić information content (AvgIpc) is 2.90. The summed E-state index contributed by atoms with van der Waals surface area (Å²) >= 11 is 0. The molecular weight excluding hydrogens is 440 g/mol. The summed E-state index contributed by atoms with van der Waals surface area (Å²) in [5, 5.41) is 0.827. The zero-order chi connectivity index (χ0) is 23.8. The molecule has 0 radical (unpaired) electrons. The Labute approximate surface area is 199 Å². The molecule has 0 saturated carbocycles. The quantitative estimate of drug-likeness (QED) is 0.341. The van der Waals surface area contributed by atoms with E-state index in [1.54, 1.807) is 12.1 Å². The first-order valence-electron chi connectivity index (χ1n) is 11.1. The van der Waals surface area contributed by atoms with Crippen LogP contribution in [0.5, 0.6) is 0 Å². The summed E-state index contributed by atoms with van der Waals surface area (Å²) in [4.78, 5) is 34.4. The number of hydrogen-bond acceptors (Lipinski definition) is 6. The lowest BCUT2D eigenvalue weighted by atomic mass is 10.0. The smallest absolute Gasteiger partial charge is 0.347 e. The lowest BCUT2D eigenvalue weighted by Crippen LogP contribution is -2.05. The van der Waals surface area contributed by atoms with Gasteiger partial charge in [0, 0.05) is 11.1 Å². The summed E-state index contributed by atoms with van der Waals surface area (Å²) in [5.74, 6) is 0.582. The van der Waals surface area contributed by atoms with E-state index in [2.05, 4.69) is 9.97 Å². The second-order valence-electron chi connectivity index (χ2n) is 8.22. The highest BCUT2D eigenvalue weighted by molar-refractivity contribution is 5.81. The van der Waals surface area contributed by atoms with E-state index in [9.17, 15) is 9.59 Å². The Morgan fingerprint density at radius 2 is 0.971 bits per heavy atom. The third-order valence-corrected chi connectivity index (χ3v) is 5.83. The molecule has 0 aliphatic carbocycles. The van der Waals surface area contributed by atoms with Crippen LogP contribution in [0.15, 0.2) is 115 Å². The fourth-order valence-corrected chi connectivity index (χ4v) is 4.10. The third-order valence-electron chi connectivity index (χ3n) is 5.83. The van der Waals surface area contributed by atoms with Crippen molar-refractivity contribution in [1.82, 2.24) is 9.97 Å². The van der Waals surface area contributed by atoms with Crippen LogP contribution in [0, 0.1) is 0 Å². The molecule has 0 bridgehead atoms. The summed E-state index contributed by atoms with van der Waals surface area (Å²) in [6, 6.07) is 29.7. The number of benzene rings is 4. The van der Waals surface area contributed by atoms with Crippen molar-refractivity contribution in [3.63, 3.8) is 0 Å². The zero-order valence-electron chi connectivity index (χ0n) is 18.5. The molecule has 0 aliphatic rings. The molecule has 0 atom stereocenters. The summed E-state index contributed by atoms with van der Waals surface area (Å²) in [7, 11) is 0. The highest BCUT2D eigenvalue weighted by Gasteiger charge is 2.12. The molecule has 6 heteroatoms. The van der Waals surface area contributed by atoms with Gasteiger partial charge in [0.2, 0.25) is 11.8 Å². The van der Waals surface area contributed by atoms with E-state index in [0.29, 0.717) is 40.0 Å². The van der Waals surface area contributed by atoms with Crippen molar-refractivity contribution < 1.29 is 8.83 Å². The highest BCUT2D eigenvalue weighted by Crippen LogP contribution is 2.22. The summed E-state index contributed by atoms with van der Waals surface area (Å²) in [5.41, 5.74) is 3.55. The van der Waals surface area contributed by atoms with E-state index in [-0.39, 0.29) is 0 Å². The zero-order valence-corrected chi connectivity index (χ0v) is 18.5. The predicted octanol–water partition coefficient (Wildman–Crippen LogP) is 5.61. The van der Waals surface area contributed by atoms with Crippen LogP contribution >= 0.6 is 0 Å². The molecule has 6 nitrogen and oxygen atoms in total. The Balaban J connectivity index is 1.33. The maximum Gasteiger partial charge on any atom is 0.347 e. The molecule has 0 spiro atoms. The van der Waals surface area contributed by atoms with Gasteiger partial charge in [0.15, 0.2) is 0 Å². The summed E-state index contributed by atoms with van der Waals surface area (Å²) < 4.78 is 10.9. The van der Waals surface area contributed by atoms with Gasteiger partial charge in [-0.05, 0) is 66.1 Å². The van der Waals surface area contributed by atoms with Gasteiger partial charge in [-0.15, -0.1) is 0 Å². The molecule has 6 rings (SSSR count). The molecule has 0 aliphatic heterocycles. The molecular formula is C29H18N2O4. The topological polar surface area (TPSA) is 86.2 Å². The van der Waals surface area contributed by atoms with Gasteiger partial charge in [-0.3, -0.25) is 0 Å².